The Kier molecular flexibility index (Phi) is 12.6. The number of benzene rings is 2. The molecule has 1 heterocycles. The van der Waals surface area contributed by atoms with E-state index in [0.717, 1.165) is 17.3 Å². The largest absolute Gasteiger partial charge is 1.00 e. The smallest absolute Gasteiger partial charge is 0.867 e. The molecule has 1 aromatic heterocycles. The number of nitrogens with zero attached hydrogens (tertiary/aromatic N) is 2. The van der Waals surface area contributed by atoms with Gasteiger partial charge in [0.2, 0.25) is 0 Å². The van der Waals surface area contributed by atoms with Crippen LogP contribution in [0.4, 0.5) is 0 Å². The standard InChI is InChI=1S/C16H20N2O2.C12H12O4.Li/c1-5-20-15(19)13-11-14(12-9-7-6-8-10-12)18(17-13)16(2,3)4;1-2-16-12(15)11(14)8-10(13)9-6-4-3-5-7-9;/h6-11H,5H2,1-4H3;3-8,14H,2H2,1H3;/q;;+1/p-1/b;11-8-;. The van der Waals surface area contributed by atoms with Gasteiger partial charge >= 0.3 is 30.8 Å². The van der Waals surface area contributed by atoms with Crippen LogP contribution in [0.5, 0.6) is 0 Å². The molecule has 0 spiro atoms. The fourth-order valence-electron chi connectivity index (χ4n) is 3.08. The van der Waals surface area contributed by atoms with Gasteiger partial charge in [0, 0.05) is 5.56 Å². The summed E-state index contributed by atoms with van der Waals surface area (Å²) in [6.45, 7) is 10.0. The van der Waals surface area contributed by atoms with Crippen LogP contribution in [0, 0.1) is 0 Å². The van der Waals surface area contributed by atoms with E-state index in [0.29, 0.717) is 17.9 Å². The maximum absolute atomic E-state index is 11.9. The minimum Gasteiger partial charge on any atom is -0.867 e. The van der Waals surface area contributed by atoms with Gasteiger partial charge in [-0.05, 0) is 58.1 Å². The molecule has 37 heavy (non-hydrogen) atoms. The van der Waals surface area contributed by atoms with Crippen molar-refractivity contribution in [3.8, 4) is 11.3 Å². The molecule has 0 saturated carbocycles. The fraction of sp³-hybridized carbons (Fsp3) is 0.286. The van der Waals surface area contributed by atoms with E-state index in [1.54, 1.807) is 50.2 Å². The van der Waals surface area contributed by atoms with E-state index in [2.05, 4.69) is 30.6 Å². The first-order valence-corrected chi connectivity index (χ1v) is 11.6. The summed E-state index contributed by atoms with van der Waals surface area (Å²) >= 11 is 0. The van der Waals surface area contributed by atoms with Crippen LogP contribution in [0.25, 0.3) is 11.3 Å². The molecule has 0 atom stereocenters. The number of rotatable bonds is 7. The van der Waals surface area contributed by atoms with Crippen molar-refractivity contribution in [2.45, 2.75) is 40.2 Å². The van der Waals surface area contributed by atoms with Crippen LogP contribution in [0.3, 0.4) is 0 Å². The second kappa shape index (κ2) is 14.8. The molecule has 0 radical (unpaired) electrons. The van der Waals surface area contributed by atoms with Crippen molar-refractivity contribution >= 4 is 17.7 Å². The Morgan fingerprint density at radius 1 is 0.919 bits per heavy atom. The summed E-state index contributed by atoms with van der Waals surface area (Å²) in [7, 11) is 0. The molecule has 0 aliphatic heterocycles. The second-order valence-electron chi connectivity index (χ2n) is 8.54. The summed E-state index contributed by atoms with van der Waals surface area (Å²) in [6, 6.07) is 20.0. The van der Waals surface area contributed by atoms with Crippen molar-refractivity contribution in [1.29, 1.82) is 0 Å². The second-order valence-corrected chi connectivity index (χ2v) is 8.54. The number of hydrogen-bond donors (Lipinski definition) is 0. The van der Waals surface area contributed by atoms with Gasteiger partial charge in [0.15, 0.2) is 11.5 Å². The van der Waals surface area contributed by atoms with E-state index in [-0.39, 0.29) is 37.0 Å². The minimum atomic E-state index is -1.01. The van der Waals surface area contributed by atoms with Crippen LogP contribution in [0.1, 0.15) is 55.5 Å². The zero-order valence-electron chi connectivity index (χ0n) is 22.2. The van der Waals surface area contributed by atoms with Crippen LogP contribution in [-0.2, 0) is 19.8 Å². The summed E-state index contributed by atoms with van der Waals surface area (Å²) in [5.41, 5.74) is 2.45. The van der Waals surface area contributed by atoms with Gasteiger partial charge in [-0.25, -0.2) is 9.59 Å². The number of allylic oxidation sites excluding steroid dienone is 1. The van der Waals surface area contributed by atoms with E-state index in [9.17, 15) is 19.5 Å². The topological polar surface area (TPSA) is 111 Å². The molecule has 3 aromatic rings. The number of ether oxygens (including phenoxy) is 2. The van der Waals surface area contributed by atoms with Gasteiger partial charge in [-0.15, -0.1) is 0 Å². The third-order valence-electron chi connectivity index (χ3n) is 4.70. The van der Waals surface area contributed by atoms with Gasteiger partial charge in [-0.2, -0.15) is 5.10 Å². The first-order valence-electron chi connectivity index (χ1n) is 11.6. The quantitative estimate of drug-likeness (QED) is 0.158. The van der Waals surface area contributed by atoms with Crippen LogP contribution in [0.2, 0.25) is 0 Å². The predicted octanol–water partition coefficient (Wildman–Crippen LogP) is 1.16. The zero-order valence-corrected chi connectivity index (χ0v) is 22.2. The normalized spacial score (nSPS) is 10.9. The number of aromatic nitrogens is 2. The fourth-order valence-corrected chi connectivity index (χ4v) is 3.08. The predicted molar refractivity (Wildman–Crippen MR) is 134 cm³/mol. The van der Waals surface area contributed by atoms with E-state index in [1.807, 2.05) is 35.0 Å². The molecule has 0 unspecified atom stereocenters. The Hall–Kier alpha value is -3.60. The average molecular weight is 499 g/mol. The molecule has 8 nitrogen and oxygen atoms in total. The molecule has 3 rings (SSSR count). The van der Waals surface area contributed by atoms with Gasteiger partial charge in [-0.1, -0.05) is 60.7 Å². The van der Waals surface area contributed by atoms with Crippen LogP contribution >= 0.6 is 0 Å². The van der Waals surface area contributed by atoms with E-state index < -0.39 is 17.5 Å². The number of carbonyl (C=O) groups is 3. The molecular formula is C28H31LiN2O6. The maximum Gasteiger partial charge on any atom is 1.00 e. The van der Waals surface area contributed by atoms with E-state index >= 15 is 0 Å². The van der Waals surface area contributed by atoms with Crippen molar-refractivity contribution in [2.75, 3.05) is 13.2 Å². The Bertz CT molecular complexity index is 1200. The number of hydrogen-bond acceptors (Lipinski definition) is 7. The van der Waals surface area contributed by atoms with Crippen molar-refractivity contribution in [3.63, 3.8) is 0 Å². The van der Waals surface area contributed by atoms with Crippen molar-refractivity contribution in [1.82, 2.24) is 9.78 Å². The molecule has 9 heteroatoms. The SMILES string of the molecule is CCOC(=O)/C([O-])=C/C(=O)c1ccccc1.CCOC(=O)c1cc(-c2ccccc2)n(C(C)(C)C)n1.[Li+]. The molecule has 0 amide bonds. The third kappa shape index (κ3) is 9.41. The first-order chi connectivity index (χ1) is 17.1. The molecule has 0 bridgehead atoms. The Labute approximate surface area is 229 Å². The summed E-state index contributed by atoms with van der Waals surface area (Å²) in [6.07, 6.45) is 0.743. The van der Waals surface area contributed by atoms with Gasteiger partial charge in [0.05, 0.1) is 24.4 Å². The van der Waals surface area contributed by atoms with Gasteiger partial charge in [0.25, 0.3) is 0 Å². The van der Waals surface area contributed by atoms with Gasteiger partial charge in [0.1, 0.15) is 0 Å². The molecule has 0 saturated heterocycles. The molecule has 0 N–H and O–H groups in total. The minimum absolute atomic E-state index is 0. The van der Waals surface area contributed by atoms with Crippen molar-refractivity contribution in [2.24, 2.45) is 0 Å². The summed E-state index contributed by atoms with van der Waals surface area (Å²) in [4.78, 5) is 34.3. The molecule has 0 fully saturated rings. The van der Waals surface area contributed by atoms with Gasteiger partial charge < -0.3 is 14.6 Å². The molecule has 190 valence electrons. The van der Waals surface area contributed by atoms with Crippen molar-refractivity contribution < 1.29 is 47.8 Å². The monoisotopic (exact) mass is 498 g/mol. The zero-order chi connectivity index (χ0) is 26.7. The van der Waals surface area contributed by atoms with Gasteiger partial charge in [-0.3, -0.25) is 9.48 Å². The Balaban J connectivity index is 0.000000369. The van der Waals surface area contributed by atoms with E-state index in [4.69, 9.17) is 4.74 Å². The Morgan fingerprint density at radius 2 is 1.46 bits per heavy atom. The first kappa shape index (κ1) is 31.4. The Morgan fingerprint density at radius 3 is 1.97 bits per heavy atom. The molecule has 0 aliphatic carbocycles. The number of esters is 2. The summed E-state index contributed by atoms with van der Waals surface area (Å²) in [5, 5.41) is 15.6. The summed E-state index contributed by atoms with van der Waals surface area (Å²) < 4.78 is 11.4. The maximum atomic E-state index is 11.9. The van der Waals surface area contributed by atoms with Crippen LogP contribution < -0.4 is 24.0 Å². The molecule has 2 aromatic carbocycles. The van der Waals surface area contributed by atoms with Crippen LogP contribution in [0.15, 0.2) is 78.6 Å². The number of carbonyl (C=O) groups excluding carboxylic acids is 3. The summed E-state index contributed by atoms with van der Waals surface area (Å²) in [5.74, 6) is -2.83. The van der Waals surface area contributed by atoms with Crippen LogP contribution in [-0.4, -0.2) is 40.7 Å². The van der Waals surface area contributed by atoms with Crippen molar-refractivity contribution in [3.05, 3.63) is 89.8 Å². The number of ketones is 1. The van der Waals surface area contributed by atoms with E-state index in [1.165, 1.54) is 0 Å². The molecule has 0 aliphatic rings. The molecular weight excluding hydrogens is 467 g/mol. The average Bonchev–Trinajstić information content (AvgIpc) is 3.32. The third-order valence-corrected chi connectivity index (χ3v) is 4.70.